The number of ether oxygens (including phenoxy) is 1. The molecule has 1 aromatic heterocycles. The average Bonchev–Trinajstić information content (AvgIpc) is 2.55. The third-order valence-electron chi connectivity index (χ3n) is 3.66. The first-order valence-corrected chi connectivity index (χ1v) is 7.48. The summed E-state index contributed by atoms with van der Waals surface area (Å²) in [6.45, 7) is 5.74. The Kier molecular flexibility index (Phi) is 4.79. The molecule has 0 atom stereocenters. The van der Waals surface area contributed by atoms with Crippen molar-refractivity contribution in [2.45, 2.75) is 20.8 Å². The Labute approximate surface area is 134 Å². The van der Waals surface area contributed by atoms with Crippen LogP contribution in [0.4, 0.5) is 5.69 Å². The molecule has 5 heteroatoms. The third-order valence-corrected chi connectivity index (χ3v) is 3.66. The lowest BCUT2D eigenvalue weighted by Crippen LogP contribution is -2.05. The SMILES string of the molecule is CC.COc1cccc2oc(=O)c3c(C)c([N+](C)=O)ccc3c12. The Bertz CT molecular complexity index is 941. The van der Waals surface area contributed by atoms with Crippen molar-refractivity contribution in [3.63, 3.8) is 0 Å². The van der Waals surface area contributed by atoms with Crippen molar-refractivity contribution in [1.82, 2.24) is 0 Å². The van der Waals surface area contributed by atoms with E-state index in [4.69, 9.17) is 9.15 Å². The van der Waals surface area contributed by atoms with E-state index in [2.05, 4.69) is 0 Å². The van der Waals surface area contributed by atoms with E-state index in [0.29, 0.717) is 28.0 Å². The van der Waals surface area contributed by atoms with Gasteiger partial charge in [-0.2, -0.15) is 0 Å². The quantitative estimate of drug-likeness (QED) is 0.401. The fraction of sp³-hybridized carbons (Fsp3) is 0.278. The van der Waals surface area contributed by atoms with Crippen LogP contribution in [0.15, 0.2) is 39.5 Å². The molecule has 3 rings (SSSR count). The molecule has 0 fully saturated rings. The predicted molar refractivity (Wildman–Crippen MR) is 91.8 cm³/mol. The van der Waals surface area contributed by atoms with E-state index in [-0.39, 0.29) is 0 Å². The Morgan fingerprint density at radius 3 is 2.39 bits per heavy atom. The summed E-state index contributed by atoms with van der Waals surface area (Å²) in [6, 6.07) is 8.76. The van der Waals surface area contributed by atoms with Crippen LogP contribution in [0.5, 0.6) is 5.75 Å². The summed E-state index contributed by atoms with van der Waals surface area (Å²) in [5.74, 6) is 0.629. The summed E-state index contributed by atoms with van der Waals surface area (Å²) in [6.07, 6.45) is 0. The number of nitrogens with zero attached hydrogens (tertiary/aromatic N) is 1. The van der Waals surface area contributed by atoms with E-state index in [9.17, 15) is 9.70 Å². The molecule has 0 unspecified atom stereocenters. The summed E-state index contributed by atoms with van der Waals surface area (Å²) in [5, 5.41) is 1.87. The van der Waals surface area contributed by atoms with E-state index < -0.39 is 5.63 Å². The molecule has 0 amide bonds. The molecule has 120 valence electrons. The predicted octanol–water partition coefficient (Wildman–Crippen LogP) is 4.33. The lowest BCUT2D eigenvalue weighted by atomic mass is 10.0. The van der Waals surface area contributed by atoms with Gasteiger partial charge in [0.25, 0.3) is 5.69 Å². The number of benzene rings is 2. The summed E-state index contributed by atoms with van der Waals surface area (Å²) >= 11 is 0. The molecule has 0 aliphatic heterocycles. The van der Waals surface area contributed by atoms with Crippen molar-refractivity contribution in [1.29, 1.82) is 0 Å². The van der Waals surface area contributed by atoms with Crippen LogP contribution in [0.3, 0.4) is 0 Å². The van der Waals surface area contributed by atoms with E-state index in [1.165, 1.54) is 7.05 Å². The minimum absolute atomic E-state index is 0.409. The zero-order valence-electron chi connectivity index (χ0n) is 14.0. The number of hydrogen-bond donors (Lipinski definition) is 0. The number of rotatable bonds is 2. The maximum Gasteiger partial charge on any atom is 0.344 e. The second kappa shape index (κ2) is 6.60. The van der Waals surface area contributed by atoms with Gasteiger partial charge < -0.3 is 9.15 Å². The maximum absolute atomic E-state index is 12.3. The Morgan fingerprint density at radius 2 is 1.78 bits per heavy atom. The first-order chi connectivity index (χ1) is 11.0. The zero-order chi connectivity index (χ0) is 17.1. The standard InChI is InChI=1S/C16H14NO4.C2H6/c1-9-11(17(2)19)8-7-10-14(9)16(18)21-13-6-4-5-12(20-3)15(10)13;1-2/h4-8H,1-3H3;1-2H3/q+1;. The summed E-state index contributed by atoms with van der Waals surface area (Å²) in [4.78, 5) is 23.8. The Hall–Kier alpha value is -2.69. The van der Waals surface area contributed by atoms with Crippen LogP contribution in [0, 0.1) is 11.8 Å². The molecule has 0 bridgehead atoms. The van der Waals surface area contributed by atoms with Gasteiger partial charge in [-0.15, -0.1) is 0 Å². The van der Waals surface area contributed by atoms with Crippen molar-refractivity contribution in [3.05, 3.63) is 51.2 Å². The van der Waals surface area contributed by atoms with Crippen molar-refractivity contribution in [2.75, 3.05) is 14.2 Å². The summed E-state index contributed by atoms with van der Waals surface area (Å²) < 4.78 is 11.5. The monoisotopic (exact) mass is 314 g/mol. The molecule has 0 saturated carbocycles. The second-order valence-corrected chi connectivity index (χ2v) is 4.85. The molecule has 0 aliphatic rings. The molecular formula is C18H20NO4+. The maximum atomic E-state index is 12.3. The number of methoxy groups -OCH3 is 1. The first-order valence-electron chi connectivity index (χ1n) is 7.48. The van der Waals surface area contributed by atoms with Crippen molar-refractivity contribution < 1.29 is 13.9 Å². The minimum atomic E-state index is -0.452. The number of nitroso groups, excluding NO2 is 1. The van der Waals surface area contributed by atoms with E-state index >= 15 is 0 Å². The molecule has 1 heterocycles. The molecule has 0 radical (unpaired) electrons. The van der Waals surface area contributed by atoms with Gasteiger partial charge in [-0.05, 0) is 25.1 Å². The van der Waals surface area contributed by atoms with Gasteiger partial charge in [-0.1, -0.05) is 19.9 Å². The van der Waals surface area contributed by atoms with Gasteiger partial charge in [0.2, 0.25) is 0 Å². The zero-order valence-corrected chi connectivity index (χ0v) is 14.0. The van der Waals surface area contributed by atoms with Gasteiger partial charge in [0.1, 0.15) is 11.3 Å². The van der Waals surface area contributed by atoms with Crippen LogP contribution in [0.2, 0.25) is 0 Å². The lowest BCUT2D eigenvalue weighted by Gasteiger charge is -2.08. The molecular weight excluding hydrogens is 294 g/mol. The third kappa shape index (κ3) is 2.70. The molecule has 3 aromatic rings. The number of fused-ring (bicyclic) bond motifs is 3. The van der Waals surface area contributed by atoms with Crippen molar-refractivity contribution >= 4 is 27.4 Å². The fourth-order valence-corrected chi connectivity index (χ4v) is 2.70. The molecule has 0 spiro atoms. The van der Waals surface area contributed by atoms with Gasteiger partial charge in [-0.25, -0.2) is 4.79 Å². The van der Waals surface area contributed by atoms with Gasteiger partial charge in [0.05, 0.1) is 17.9 Å². The van der Waals surface area contributed by atoms with E-state index in [1.807, 2.05) is 19.9 Å². The van der Waals surface area contributed by atoms with Crippen LogP contribution in [-0.2, 0) is 0 Å². The van der Waals surface area contributed by atoms with Crippen LogP contribution in [-0.4, -0.2) is 18.9 Å². The van der Waals surface area contributed by atoms with Crippen molar-refractivity contribution in [3.8, 4) is 5.75 Å². The van der Waals surface area contributed by atoms with Crippen LogP contribution in [0.1, 0.15) is 19.4 Å². The highest BCUT2D eigenvalue weighted by Gasteiger charge is 2.20. The summed E-state index contributed by atoms with van der Waals surface area (Å²) in [7, 11) is 2.97. The second-order valence-electron chi connectivity index (χ2n) is 4.85. The lowest BCUT2D eigenvalue weighted by molar-refractivity contribution is -0.428. The molecule has 0 N–H and O–H groups in total. The largest absolute Gasteiger partial charge is 0.496 e. The highest BCUT2D eigenvalue weighted by atomic mass is 16.5. The minimum Gasteiger partial charge on any atom is -0.496 e. The van der Waals surface area contributed by atoms with Crippen LogP contribution >= 0.6 is 0 Å². The van der Waals surface area contributed by atoms with Gasteiger partial charge in [0, 0.05) is 26.7 Å². The van der Waals surface area contributed by atoms with Gasteiger partial charge in [-0.3, -0.25) is 0 Å². The average molecular weight is 314 g/mol. The highest BCUT2D eigenvalue weighted by Crippen LogP contribution is 2.34. The first kappa shape index (κ1) is 16.7. The fourth-order valence-electron chi connectivity index (χ4n) is 2.70. The molecule has 0 aliphatic carbocycles. The van der Waals surface area contributed by atoms with Crippen molar-refractivity contribution in [2.24, 2.45) is 0 Å². The molecule has 23 heavy (non-hydrogen) atoms. The van der Waals surface area contributed by atoms with Gasteiger partial charge >= 0.3 is 5.63 Å². The van der Waals surface area contributed by atoms with E-state index in [1.54, 1.807) is 38.3 Å². The smallest absolute Gasteiger partial charge is 0.344 e. The van der Waals surface area contributed by atoms with Gasteiger partial charge in [0.15, 0.2) is 7.05 Å². The summed E-state index contributed by atoms with van der Waals surface area (Å²) in [5.41, 5.74) is 1.07. The number of hydrogen-bond acceptors (Lipinski definition) is 4. The normalized spacial score (nSPS) is 10.3. The number of aryl methyl sites for hydroxylation is 1. The van der Waals surface area contributed by atoms with Crippen LogP contribution in [0.25, 0.3) is 21.7 Å². The highest BCUT2D eigenvalue weighted by molar-refractivity contribution is 6.09. The molecule has 0 saturated heterocycles. The van der Waals surface area contributed by atoms with Crippen LogP contribution < -0.4 is 10.4 Å². The topological polar surface area (TPSA) is 59.5 Å². The molecule has 2 aromatic carbocycles. The molecule has 5 nitrogen and oxygen atoms in total. The van der Waals surface area contributed by atoms with E-state index in [0.717, 1.165) is 15.5 Å². The Balaban J connectivity index is 0.000000924. The Morgan fingerprint density at radius 1 is 1.09 bits per heavy atom.